The highest BCUT2D eigenvalue weighted by atomic mass is 79.9. The molecule has 1 aromatic rings. The molecule has 1 heteroatoms. The van der Waals surface area contributed by atoms with E-state index in [1.165, 1.54) is 42.1 Å². The Bertz CT molecular complexity index is 280. The first kappa shape index (κ1) is 12.8. The molecule has 0 aliphatic carbocycles. The quantitative estimate of drug-likeness (QED) is 0.637. The zero-order chi connectivity index (χ0) is 11.1. The van der Waals surface area contributed by atoms with Crippen molar-refractivity contribution in [3.8, 4) is 0 Å². The van der Waals surface area contributed by atoms with Gasteiger partial charge in [0.2, 0.25) is 0 Å². The molecular formula is C14H21Br. The number of hydrogen-bond acceptors (Lipinski definition) is 0. The molecule has 0 aliphatic heterocycles. The standard InChI is InChI=1S/C14H21Br/c1-3-5-8-12(7-4-2)13-9-6-10-14(15)11-13/h6,9-12H,3-5,7-8H2,1-2H3. The highest BCUT2D eigenvalue weighted by Gasteiger charge is 2.09. The summed E-state index contributed by atoms with van der Waals surface area (Å²) >= 11 is 3.55. The fourth-order valence-electron chi connectivity index (χ4n) is 2.04. The van der Waals surface area contributed by atoms with Crippen LogP contribution in [0, 0.1) is 0 Å². The molecule has 0 nitrogen and oxygen atoms in total. The summed E-state index contributed by atoms with van der Waals surface area (Å²) in [6.07, 6.45) is 6.57. The first-order valence-electron chi connectivity index (χ1n) is 6.03. The molecule has 0 spiro atoms. The van der Waals surface area contributed by atoms with Gasteiger partial charge in [-0.1, -0.05) is 61.2 Å². The minimum atomic E-state index is 0.757. The molecule has 0 saturated heterocycles. The molecule has 0 amide bonds. The Morgan fingerprint density at radius 1 is 1.13 bits per heavy atom. The molecular weight excluding hydrogens is 248 g/mol. The van der Waals surface area contributed by atoms with E-state index in [-0.39, 0.29) is 0 Å². The number of halogens is 1. The van der Waals surface area contributed by atoms with Crippen molar-refractivity contribution in [1.29, 1.82) is 0 Å². The van der Waals surface area contributed by atoms with Crippen molar-refractivity contribution in [2.75, 3.05) is 0 Å². The summed E-state index contributed by atoms with van der Waals surface area (Å²) in [7, 11) is 0. The van der Waals surface area contributed by atoms with Gasteiger partial charge in [0.05, 0.1) is 0 Å². The van der Waals surface area contributed by atoms with Crippen LogP contribution < -0.4 is 0 Å². The third-order valence-corrected chi connectivity index (χ3v) is 3.36. The molecule has 1 atom stereocenters. The highest BCUT2D eigenvalue weighted by Crippen LogP contribution is 2.28. The van der Waals surface area contributed by atoms with Crippen molar-refractivity contribution < 1.29 is 0 Å². The minimum absolute atomic E-state index is 0.757. The molecule has 0 heterocycles. The molecule has 0 fully saturated rings. The summed E-state index contributed by atoms with van der Waals surface area (Å²) in [6.45, 7) is 4.54. The lowest BCUT2D eigenvalue weighted by Crippen LogP contribution is -1.98. The van der Waals surface area contributed by atoms with Crippen LogP contribution in [0.15, 0.2) is 28.7 Å². The average Bonchev–Trinajstić information content (AvgIpc) is 2.24. The van der Waals surface area contributed by atoms with Crippen LogP contribution in [0.3, 0.4) is 0 Å². The Balaban J connectivity index is 2.69. The van der Waals surface area contributed by atoms with Crippen molar-refractivity contribution in [3.05, 3.63) is 34.3 Å². The van der Waals surface area contributed by atoms with Crippen LogP contribution in [-0.4, -0.2) is 0 Å². The largest absolute Gasteiger partial charge is 0.0654 e. The van der Waals surface area contributed by atoms with Crippen LogP contribution in [-0.2, 0) is 0 Å². The van der Waals surface area contributed by atoms with E-state index >= 15 is 0 Å². The zero-order valence-electron chi connectivity index (χ0n) is 9.80. The van der Waals surface area contributed by atoms with Crippen molar-refractivity contribution >= 4 is 15.9 Å². The van der Waals surface area contributed by atoms with Gasteiger partial charge in [0.25, 0.3) is 0 Å². The average molecular weight is 269 g/mol. The van der Waals surface area contributed by atoms with Gasteiger partial charge in [-0.15, -0.1) is 0 Å². The zero-order valence-corrected chi connectivity index (χ0v) is 11.4. The third kappa shape index (κ3) is 4.38. The molecule has 0 aliphatic rings. The van der Waals surface area contributed by atoms with E-state index in [4.69, 9.17) is 0 Å². The molecule has 15 heavy (non-hydrogen) atoms. The number of unbranched alkanes of at least 4 members (excludes halogenated alkanes) is 1. The van der Waals surface area contributed by atoms with Crippen molar-refractivity contribution in [2.24, 2.45) is 0 Å². The van der Waals surface area contributed by atoms with Gasteiger partial charge in [-0.3, -0.25) is 0 Å². The molecule has 0 aromatic heterocycles. The molecule has 1 unspecified atom stereocenters. The fourth-order valence-corrected chi connectivity index (χ4v) is 2.45. The second kappa shape index (κ2) is 7.05. The number of rotatable bonds is 6. The van der Waals surface area contributed by atoms with Crippen LogP contribution in [0.1, 0.15) is 57.4 Å². The predicted octanol–water partition coefficient (Wildman–Crippen LogP) is 5.52. The van der Waals surface area contributed by atoms with E-state index in [2.05, 4.69) is 54.0 Å². The number of hydrogen-bond donors (Lipinski definition) is 0. The van der Waals surface area contributed by atoms with E-state index in [0.29, 0.717) is 0 Å². The number of benzene rings is 1. The van der Waals surface area contributed by atoms with E-state index in [9.17, 15) is 0 Å². The summed E-state index contributed by atoms with van der Waals surface area (Å²) in [5, 5.41) is 0. The summed E-state index contributed by atoms with van der Waals surface area (Å²) in [4.78, 5) is 0. The van der Waals surface area contributed by atoms with Gasteiger partial charge >= 0.3 is 0 Å². The van der Waals surface area contributed by atoms with E-state index in [1.54, 1.807) is 0 Å². The highest BCUT2D eigenvalue weighted by molar-refractivity contribution is 9.10. The summed E-state index contributed by atoms with van der Waals surface area (Å²) in [6, 6.07) is 8.79. The SMILES string of the molecule is CCCCC(CCC)c1cccc(Br)c1. The molecule has 84 valence electrons. The van der Waals surface area contributed by atoms with E-state index < -0.39 is 0 Å². The first-order valence-corrected chi connectivity index (χ1v) is 6.82. The predicted molar refractivity (Wildman–Crippen MR) is 71.3 cm³/mol. The molecule has 0 N–H and O–H groups in total. The fraction of sp³-hybridized carbons (Fsp3) is 0.571. The van der Waals surface area contributed by atoms with Crippen LogP contribution in [0.2, 0.25) is 0 Å². The molecule has 0 bridgehead atoms. The maximum Gasteiger partial charge on any atom is 0.0178 e. The Kier molecular flexibility index (Phi) is 6.00. The van der Waals surface area contributed by atoms with Crippen LogP contribution in [0.4, 0.5) is 0 Å². The van der Waals surface area contributed by atoms with Gasteiger partial charge in [-0.05, 0) is 36.5 Å². The van der Waals surface area contributed by atoms with Gasteiger partial charge in [0.15, 0.2) is 0 Å². The molecule has 1 rings (SSSR count). The Morgan fingerprint density at radius 3 is 2.53 bits per heavy atom. The lowest BCUT2D eigenvalue weighted by molar-refractivity contribution is 0.541. The summed E-state index contributed by atoms with van der Waals surface area (Å²) < 4.78 is 1.21. The third-order valence-electron chi connectivity index (χ3n) is 2.86. The summed E-state index contributed by atoms with van der Waals surface area (Å²) in [5.74, 6) is 0.757. The van der Waals surface area contributed by atoms with Gasteiger partial charge in [0, 0.05) is 4.47 Å². The van der Waals surface area contributed by atoms with E-state index in [1.807, 2.05) is 0 Å². The Hall–Kier alpha value is -0.300. The monoisotopic (exact) mass is 268 g/mol. The van der Waals surface area contributed by atoms with Crippen LogP contribution in [0.5, 0.6) is 0 Å². The van der Waals surface area contributed by atoms with Gasteiger partial charge < -0.3 is 0 Å². The normalized spacial score (nSPS) is 12.7. The van der Waals surface area contributed by atoms with Gasteiger partial charge in [-0.25, -0.2) is 0 Å². The molecule has 0 radical (unpaired) electrons. The first-order chi connectivity index (χ1) is 7.27. The maximum atomic E-state index is 3.55. The van der Waals surface area contributed by atoms with Gasteiger partial charge in [-0.2, -0.15) is 0 Å². The maximum absolute atomic E-state index is 3.55. The van der Waals surface area contributed by atoms with Crippen molar-refractivity contribution in [2.45, 2.75) is 51.9 Å². The molecule has 1 aromatic carbocycles. The summed E-state index contributed by atoms with van der Waals surface area (Å²) in [5.41, 5.74) is 1.50. The smallest absolute Gasteiger partial charge is 0.0178 e. The lowest BCUT2D eigenvalue weighted by atomic mass is 9.90. The Labute approximate surface area is 102 Å². The van der Waals surface area contributed by atoms with Crippen LogP contribution >= 0.6 is 15.9 Å². The Morgan fingerprint density at radius 2 is 1.93 bits per heavy atom. The van der Waals surface area contributed by atoms with Crippen LogP contribution in [0.25, 0.3) is 0 Å². The lowest BCUT2D eigenvalue weighted by Gasteiger charge is -2.16. The second-order valence-corrected chi connectivity index (χ2v) is 5.10. The molecule has 0 saturated carbocycles. The van der Waals surface area contributed by atoms with Gasteiger partial charge in [0.1, 0.15) is 0 Å². The second-order valence-electron chi connectivity index (χ2n) is 4.18. The van der Waals surface area contributed by atoms with Crippen molar-refractivity contribution in [3.63, 3.8) is 0 Å². The van der Waals surface area contributed by atoms with Crippen molar-refractivity contribution in [1.82, 2.24) is 0 Å². The minimum Gasteiger partial charge on any atom is -0.0654 e. The van der Waals surface area contributed by atoms with E-state index in [0.717, 1.165) is 5.92 Å². The topological polar surface area (TPSA) is 0 Å².